The number of methoxy groups -OCH3 is 1. The van der Waals surface area contributed by atoms with Gasteiger partial charge in [0.15, 0.2) is 20.0 Å². The van der Waals surface area contributed by atoms with Crippen molar-refractivity contribution in [3.8, 4) is 34.7 Å². The van der Waals surface area contributed by atoms with Crippen molar-refractivity contribution in [3.05, 3.63) is 60.4 Å². The number of anilines is 1. The second kappa shape index (κ2) is 12.2. The Morgan fingerprint density at radius 2 is 1.78 bits per heavy atom. The summed E-state index contributed by atoms with van der Waals surface area (Å²) in [7, 11) is -0.404. The van der Waals surface area contributed by atoms with Crippen LogP contribution in [0.25, 0.3) is 16.9 Å². The molecule has 0 radical (unpaired) electrons. The molecule has 0 atom stereocenters. The van der Waals surface area contributed by atoms with Gasteiger partial charge in [0, 0.05) is 55.9 Å². The molecule has 46 heavy (non-hydrogen) atoms. The van der Waals surface area contributed by atoms with E-state index in [4.69, 9.17) is 18.6 Å². The third-order valence-corrected chi connectivity index (χ3v) is 13.9. The molecule has 4 aromatic heterocycles. The first-order valence-corrected chi connectivity index (χ1v) is 18.6. The molecule has 2 fully saturated rings. The van der Waals surface area contributed by atoms with Crippen LogP contribution in [0.3, 0.4) is 0 Å². The van der Waals surface area contributed by atoms with Gasteiger partial charge < -0.3 is 23.5 Å². The van der Waals surface area contributed by atoms with E-state index in [1.807, 2.05) is 17.0 Å². The van der Waals surface area contributed by atoms with Gasteiger partial charge in [-0.1, -0.05) is 20.8 Å². The van der Waals surface area contributed by atoms with Gasteiger partial charge in [-0.25, -0.2) is 19.3 Å². The Hall–Kier alpha value is -4.21. The van der Waals surface area contributed by atoms with Crippen LogP contribution in [0.2, 0.25) is 18.1 Å². The van der Waals surface area contributed by atoms with Crippen LogP contribution in [0, 0.1) is 17.1 Å². The number of rotatable bonds is 10. The zero-order valence-electron chi connectivity index (χ0n) is 27.3. The minimum Gasteiger partial charge on any atom is -0.490 e. The lowest BCUT2D eigenvalue weighted by Crippen LogP contribution is -2.46. The summed E-state index contributed by atoms with van der Waals surface area (Å²) in [5, 5.41) is 9.89. The van der Waals surface area contributed by atoms with Crippen LogP contribution in [-0.2, 0) is 4.43 Å². The van der Waals surface area contributed by atoms with Crippen molar-refractivity contribution in [2.24, 2.45) is 0 Å². The maximum atomic E-state index is 15.7. The summed E-state index contributed by atoms with van der Waals surface area (Å²) < 4.78 is 41.7. The zero-order chi connectivity index (χ0) is 32.7. The highest BCUT2D eigenvalue weighted by Crippen LogP contribution is 2.48. The van der Waals surface area contributed by atoms with Crippen LogP contribution in [-0.4, -0.2) is 66.2 Å². The van der Waals surface area contributed by atoms with Gasteiger partial charge in [0.05, 0.1) is 30.8 Å². The van der Waals surface area contributed by atoms with Gasteiger partial charge in [0.25, 0.3) is 0 Å². The molecule has 242 valence electrons. The average Bonchev–Trinajstić information content (AvgIpc) is 3.66. The lowest BCUT2D eigenvalue weighted by Gasteiger charge is -2.39. The number of halogens is 1. The molecule has 1 aliphatic heterocycles. The smallest absolute Gasteiger partial charge is 0.213 e. The number of aromatic nitrogens is 4. The number of fused-ring (bicyclic) bond motifs is 1. The van der Waals surface area contributed by atoms with E-state index in [9.17, 15) is 5.26 Å². The first-order chi connectivity index (χ1) is 21.9. The molecule has 12 heteroatoms. The lowest BCUT2D eigenvalue weighted by molar-refractivity contribution is 0.0942. The van der Waals surface area contributed by atoms with E-state index in [1.54, 1.807) is 36.0 Å². The van der Waals surface area contributed by atoms with Crippen LogP contribution in [0.4, 0.5) is 10.2 Å². The Bertz CT molecular complexity index is 1750. The summed E-state index contributed by atoms with van der Waals surface area (Å²) in [6, 6.07) is 10.9. The monoisotopic (exact) mass is 644 g/mol. The van der Waals surface area contributed by atoms with Gasteiger partial charge in [-0.2, -0.15) is 5.26 Å². The van der Waals surface area contributed by atoms with Gasteiger partial charge in [-0.3, -0.25) is 4.40 Å². The van der Waals surface area contributed by atoms with Crippen LogP contribution in [0.5, 0.6) is 17.4 Å². The molecule has 5 heterocycles. The highest BCUT2D eigenvalue weighted by atomic mass is 28.4. The van der Waals surface area contributed by atoms with Crippen LogP contribution in [0.15, 0.2) is 48.9 Å². The summed E-state index contributed by atoms with van der Waals surface area (Å²) in [5.41, 5.74) is 1.69. The predicted molar refractivity (Wildman–Crippen MR) is 175 cm³/mol. The molecule has 1 aliphatic carbocycles. The van der Waals surface area contributed by atoms with Crippen LogP contribution < -0.4 is 19.1 Å². The van der Waals surface area contributed by atoms with Crippen molar-refractivity contribution in [2.75, 3.05) is 31.7 Å². The number of ether oxygens (including phenoxy) is 3. The topological polar surface area (TPSA) is 107 Å². The molecule has 0 aromatic carbocycles. The fourth-order valence-corrected chi connectivity index (χ4v) is 7.18. The lowest BCUT2D eigenvalue weighted by atomic mass is 10.1. The van der Waals surface area contributed by atoms with Gasteiger partial charge in [-0.05, 0) is 43.1 Å². The Kier molecular flexibility index (Phi) is 8.41. The summed E-state index contributed by atoms with van der Waals surface area (Å²) in [4.78, 5) is 15.1. The summed E-state index contributed by atoms with van der Waals surface area (Å²) in [6.45, 7) is 12.8. The summed E-state index contributed by atoms with van der Waals surface area (Å²) in [5.74, 6) is 1.65. The summed E-state index contributed by atoms with van der Waals surface area (Å²) in [6.07, 6.45) is 8.15. The number of piperidine rings is 1. The molecule has 2 aliphatic rings. The molecule has 4 aromatic rings. The quantitative estimate of drug-likeness (QED) is 0.173. The highest BCUT2D eigenvalue weighted by Gasteiger charge is 2.52. The van der Waals surface area contributed by atoms with Gasteiger partial charge in [-0.15, -0.1) is 0 Å². The maximum Gasteiger partial charge on any atom is 0.213 e. The normalized spacial score (nSPS) is 16.7. The molecular weight excluding hydrogens is 603 g/mol. The number of nitriles is 1. The van der Waals surface area contributed by atoms with Crippen molar-refractivity contribution in [1.82, 2.24) is 19.4 Å². The van der Waals surface area contributed by atoms with Crippen molar-refractivity contribution in [3.63, 3.8) is 0 Å². The van der Waals surface area contributed by atoms with Crippen molar-refractivity contribution in [2.45, 2.75) is 76.3 Å². The fraction of sp³-hybridized carbons (Fsp3) is 0.471. The number of pyridine rings is 3. The van der Waals surface area contributed by atoms with E-state index in [1.165, 1.54) is 12.3 Å². The molecule has 1 saturated heterocycles. The molecule has 0 N–H and O–H groups in total. The Labute approximate surface area is 270 Å². The van der Waals surface area contributed by atoms with E-state index in [0.717, 1.165) is 25.7 Å². The number of hydrogen-bond donors (Lipinski definition) is 0. The van der Waals surface area contributed by atoms with Crippen LogP contribution >= 0.6 is 0 Å². The van der Waals surface area contributed by atoms with Crippen LogP contribution in [0.1, 0.15) is 52.1 Å². The first-order valence-electron chi connectivity index (χ1n) is 15.7. The van der Waals surface area contributed by atoms with Crippen molar-refractivity contribution in [1.29, 1.82) is 5.26 Å². The second-order valence-corrected chi connectivity index (χ2v) is 18.5. The van der Waals surface area contributed by atoms with Gasteiger partial charge in [0.2, 0.25) is 5.88 Å². The SMILES string of the molecule is COc1ccc(OC2CCN(c3ncc(-c4cc(OCC5(O[Si](C)(C)C(C)(C)C)CC5)cc5ncc(C#N)n45)cc3F)CC2)cn1. The highest BCUT2D eigenvalue weighted by molar-refractivity contribution is 6.74. The fourth-order valence-electron chi connectivity index (χ4n) is 5.53. The predicted octanol–water partition coefficient (Wildman–Crippen LogP) is 6.79. The minimum absolute atomic E-state index is 0.00231. The van der Waals surface area contributed by atoms with Gasteiger partial charge in [0.1, 0.15) is 41.6 Å². The first kappa shape index (κ1) is 31.8. The van der Waals surface area contributed by atoms with Crippen molar-refractivity contribution >= 4 is 19.8 Å². The standard InChI is InChI=1S/C34H41FN6O4Si/c1-33(2,3)46(5,6)45-34(11-12-34)22-43-27-16-29(41-24(18-36)20-37-30(41)17-27)23-15-28(35)32(39-19-23)40-13-9-25(10-14-40)44-26-7-8-31(42-4)38-21-26/h7-8,15-17,19-21,25H,9-14,22H2,1-6H3. The van der Waals surface area contributed by atoms with E-state index in [2.05, 4.69) is 54.9 Å². The second-order valence-electron chi connectivity index (χ2n) is 13.7. The van der Waals surface area contributed by atoms with Gasteiger partial charge >= 0.3 is 0 Å². The van der Waals surface area contributed by atoms with E-state index in [-0.39, 0.29) is 16.7 Å². The Morgan fingerprint density at radius 1 is 1.02 bits per heavy atom. The maximum absolute atomic E-state index is 15.7. The minimum atomic E-state index is -1.98. The average molecular weight is 645 g/mol. The largest absolute Gasteiger partial charge is 0.490 e. The summed E-state index contributed by atoms with van der Waals surface area (Å²) >= 11 is 0. The molecule has 1 saturated carbocycles. The molecule has 6 rings (SSSR count). The third kappa shape index (κ3) is 6.52. The molecule has 10 nitrogen and oxygen atoms in total. The number of hydrogen-bond acceptors (Lipinski definition) is 9. The molecule has 0 amide bonds. The number of imidazole rings is 1. The Balaban J connectivity index is 1.18. The zero-order valence-corrected chi connectivity index (χ0v) is 28.3. The molecule has 0 spiro atoms. The Morgan fingerprint density at radius 3 is 2.39 bits per heavy atom. The molecular formula is C34H41FN6O4Si. The number of nitrogens with zero attached hydrogens (tertiary/aromatic N) is 6. The van der Waals surface area contributed by atoms with E-state index >= 15 is 4.39 Å². The molecule has 0 unspecified atom stereocenters. The van der Waals surface area contributed by atoms with Crippen molar-refractivity contribution < 1.29 is 23.0 Å². The van der Waals surface area contributed by atoms with E-state index < -0.39 is 14.1 Å². The van der Waals surface area contributed by atoms with E-state index in [0.29, 0.717) is 65.5 Å². The molecule has 0 bridgehead atoms. The third-order valence-electron chi connectivity index (χ3n) is 9.36.